The van der Waals surface area contributed by atoms with Gasteiger partial charge in [-0.15, -0.1) is 0 Å². The van der Waals surface area contributed by atoms with Crippen LogP contribution in [0.4, 0.5) is 5.82 Å². The van der Waals surface area contributed by atoms with Gasteiger partial charge in [0.1, 0.15) is 5.82 Å². The SMILES string of the molecule is O=C1CCCC2=C1[C@@H](c1cccnc1)c1c(nc(SCc3ccccc3)[nH]c1=O)N2. The first-order valence-corrected chi connectivity index (χ1v) is 10.9. The molecule has 1 aliphatic heterocycles. The number of ketones is 1. The molecule has 0 spiro atoms. The Morgan fingerprint density at radius 2 is 1.93 bits per heavy atom. The van der Waals surface area contributed by atoms with Gasteiger partial charge >= 0.3 is 0 Å². The lowest BCUT2D eigenvalue weighted by Gasteiger charge is -2.32. The molecular weight excluding hydrogens is 396 g/mol. The lowest BCUT2D eigenvalue weighted by atomic mass is 9.77. The molecule has 6 nitrogen and oxygen atoms in total. The normalized spacial score (nSPS) is 17.9. The third-order valence-electron chi connectivity index (χ3n) is 5.47. The van der Waals surface area contributed by atoms with Crippen molar-refractivity contribution >= 4 is 23.4 Å². The predicted octanol–water partition coefficient (Wildman–Crippen LogP) is 4.02. The van der Waals surface area contributed by atoms with E-state index in [-0.39, 0.29) is 11.3 Å². The van der Waals surface area contributed by atoms with Crippen LogP contribution in [0.15, 0.2) is 76.1 Å². The summed E-state index contributed by atoms with van der Waals surface area (Å²) in [4.78, 5) is 37.8. The van der Waals surface area contributed by atoms with Gasteiger partial charge in [0, 0.05) is 41.8 Å². The number of hydrogen-bond donors (Lipinski definition) is 2. The average molecular weight is 417 g/mol. The number of H-pyrrole nitrogens is 1. The first-order valence-electron chi connectivity index (χ1n) is 9.95. The van der Waals surface area contributed by atoms with Gasteiger partial charge in [0.05, 0.1) is 5.56 Å². The fourth-order valence-corrected chi connectivity index (χ4v) is 4.93. The Labute approximate surface area is 177 Å². The number of thioether (sulfide) groups is 1. The Morgan fingerprint density at radius 1 is 1.07 bits per heavy atom. The maximum atomic E-state index is 13.2. The molecule has 3 aromatic rings. The molecule has 1 aromatic carbocycles. The molecule has 0 amide bonds. The van der Waals surface area contributed by atoms with E-state index in [1.165, 1.54) is 11.8 Å². The van der Waals surface area contributed by atoms with Gasteiger partial charge in [-0.25, -0.2) is 4.98 Å². The van der Waals surface area contributed by atoms with Gasteiger partial charge in [0.2, 0.25) is 0 Å². The van der Waals surface area contributed by atoms with E-state index in [4.69, 9.17) is 4.98 Å². The first-order chi connectivity index (χ1) is 14.7. The summed E-state index contributed by atoms with van der Waals surface area (Å²) in [6.45, 7) is 0. The highest BCUT2D eigenvalue weighted by molar-refractivity contribution is 7.98. The monoisotopic (exact) mass is 416 g/mol. The maximum absolute atomic E-state index is 13.2. The molecule has 0 radical (unpaired) electrons. The van der Waals surface area contributed by atoms with E-state index in [1.807, 2.05) is 42.5 Å². The summed E-state index contributed by atoms with van der Waals surface area (Å²) in [5.41, 5.74) is 3.82. The van der Waals surface area contributed by atoms with Crippen LogP contribution in [0.2, 0.25) is 0 Å². The van der Waals surface area contributed by atoms with Crippen LogP contribution >= 0.6 is 11.8 Å². The van der Waals surface area contributed by atoms with Crippen LogP contribution in [0.25, 0.3) is 0 Å². The second kappa shape index (κ2) is 7.91. The number of benzene rings is 1. The van der Waals surface area contributed by atoms with Crippen molar-refractivity contribution in [3.05, 3.63) is 93.2 Å². The van der Waals surface area contributed by atoms with Gasteiger partial charge in [-0.05, 0) is 30.0 Å². The number of Topliss-reactive ketones (excluding diaryl/α,β-unsaturated/α-hetero) is 1. The molecule has 0 bridgehead atoms. The fourth-order valence-electron chi connectivity index (χ4n) is 4.11. The zero-order valence-corrected chi connectivity index (χ0v) is 17.0. The van der Waals surface area contributed by atoms with Crippen LogP contribution in [0, 0.1) is 0 Å². The number of hydrogen-bond acceptors (Lipinski definition) is 6. The van der Waals surface area contributed by atoms with Crippen molar-refractivity contribution in [3.63, 3.8) is 0 Å². The Kier molecular flexibility index (Phi) is 4.96. The zero-order chi connectivity index (χ0) is 20.5. The Balaban J connectivity index is 1.57. The topological polar surface area (TPSA) is 87.7 Å². The van der Waals surface area contributed by atoms with E-state index >= 15 is 0 Å². The molecule has 150 valence electrons. The Morgan fingerprint density at radius 3 is 2.73 bits per heavy atom. The molecule has 3 heterocycles. The highest BCUT2D eigenvalue weighted by Crippen LogP contribution is 2.43. The standard InChI is InChI=1S/C23H20N4O2S/c28-17-10-4-9-16-19(17)18(15-8-5-11-24-12-15)20-21(25-16)26-23(27-22(20)29)30-13-14-6-2-1-3-7-14/h1-3,5-8,11-12,18H,4,9-10,13H2,(H2,25,26,27,29)/t18-/m1/s1. The smallest absolute Gasteiger partial charge is 0.257 e. The van der Waals surface area contributed by atoms with E-state index in [2.05, 4.69) is 15.3 Å². The summed E-state index contributed by atoms with van der Waals surface area (Å²) < 4.78 is 0. The van der Waals surface area contributed by atoms with Crippen LogP contribution in [-0.4, -0.2) is 20.7 Å². The number of pyridine rings is 1. The largest absolute Gasteiger partial charge is 0.343 e. The quantitative estimate of drug-likeness (QED) is 0.493. The number of aromatic nitrogens is 3. The number of fused-ring (bicyclic) bond motifs is 1. The van der Waals surface area contributed by atoms with Crippen molar-refractivity contribution in [1.29, 1.82) is 0 Å². The van der Waals surface area contributed by atoms with Crippen molar-refractivity contribution in [2.24, 2.45) is 0 Å². The van der Waals surface area contributed by atoms with Crippen LogP contribution in [0.3, 0.4) is 0 Å². The van der Waals surface area contributed by atoms with E-state index in [0.717, 1.165) is 29.7 Å². The molecular formula is C23H20N4O2S. The third kappa shape index (κ3) is 3.45. The molecule has 1 aliphatic carbocycles. The molecule has 5 rings (SSSR count). The van der Waals surface area contributed by atoms with Crippen molar-refractivity contribution in [2.45, 2.75) is 36.1 Å². The number of carbonyl (C=O) groups excluding carboxylic acids is 1. The molecule has 2 N–H and O–H groups in total. The molecule has 0 saturated carbocycles. The van der Waals surface area contributed by atoms with E-state index in [9.17, 15) is 9.59 Å². The number of anilines is 1. The zero-order valence-electron chi connectivity index (χ0n) is 16.2. The Bertz CT molecular complexity index is 1190. The third-order valence-corrected chi connectivity index (χ3v) is 6.42. The van der Waals surface area contributed by atoms with Gasteiger partial charge in [-0.1, -0.05) is 48.2 Å². The average Bonchev–Trinajstić information content (AvgIpc) is 2.78. The highest BCUT2D eigenvalue weighted by atomic mass is 32.2. The Hall–Kier alpha value is -3.19. The van der Waals surface area contributed by atoms with Crippen molar-refractivity contribution in [3.8, 4) is 0 Å². The molecule has 2 aliphatic rings. The van der Waals surface area contributed by atoms with Crippen molar-refractivity contribution in [2.75, 3.05) is 5.32 Å². The lowest BCUT2D eigenvalue weighted by Crippen LogP contribution is -2.32. The fraction of sp³-hybridized carbons (Fsp3) is 0.217. The molecule has 0 fully saturated rings. The summed E-state index contributed by atoms with van der Waals surface area (Å²) in [6, 6.07) is 13.8. The lowest BCUT2D eigenvalue weighted by molar-refractivity contribution is -0.116. The number of nitrogens with one attached hydrogen (secondary N) is 2. The van der Waals surface area contributed by atoms with Crippen molar-refractivity contribution < 1.29 is 4.79 Å². The van der Waals surface area contributed by atoms with Crippen LogP contribution in [0.5, 0.6) is 0 Å². The number of allylic oxidation sites excluding steroid dienone is 2. The number of aromatic amines is 1. The number of nitrogens with zero attached hydrogens (tertiary/aromatic N) is 2. The second-order valence-corrected chi connectivity index (χ2v) is 8.39. The summed E-state index contributed by atoms with van der Waals surface area (Å²) in [7, 11) is 0. The number of rotatable bonds is 4. The molecule has 30 heavy (non-hydrogen) atoms. The van der Waals surface area contributed by atoms with Crippen LogP contribution < -0.4 is 10.9 Å². The van der Waals surface area contributed by atoms with E-state index < -0.39 is 5.92 Å². The van der Waals surface area contributed by atoms with Crippen LogP contribution in [-0.2, 0) is 10.5 Å². The van der Waals surface area contributed by atoms with E-state index in [0.29, 0.717) is 34.3 Å². The molecule has 0 unspecified atom stereocenters. The van der Waals surface area contributed by atoms with Gasteiger partial charge in [0.15, 0.2) is 10.9 Å². The molecule has 0 saturated heterocycles. The van der Waals surface area contributed by atoms with Crippen molar-refractivity contribution in [1.82, 2.24) is 15.0 Å². The van der Waals surface area contributed by atoms with Gasteiger partial charge < -0.3 is 10.3 Å². The summed E-state index contributed by atoms with van der Waals surface area (Å²) in [5.74, 6) is 0.894. The first kappa shape index (κ1) is 18.8. The highest BCUT2D eigenvalue weighted by Gasteiger charge is 2.37. The summed E-state index contributed by atoms with van der Waals surface area (Å²) >= 11 is 1.49. The molecule has 1 atom stereocenters. The number of carbonyl (C=O) groups is 1. The minimum Gasteiger partial charge on any atom is -0.343 e. The minimum atomic E-state index is -0.442. The van der Waals surface area contributed by atoms with Gasteiger partial charge in [-0.3, -0.25) is 14.6 Å². The van der Waals surface area contributed by atoms with Gasteiger partial charge in [0.25, 0.3) is 5.56 Å². The summed E-state index contributed by atoms with van der Waals surface area (Å²) in [5, 5.41) is 3.86. The predicted molar refractivity (Wildman–Crippen MR) is 116 cm³/mol. The van der Waals surface area contributed by atoms with Gasteiger partial charge in [-0.2, -0.15) is 0 Å². The van der Waals surface area contributed by atoms with Crippen LogP contribution in [0.1, 0.15) is 41.9 Å². The minimum absolute atomic E-state index is 0.0881. The maximum Gasteiger partial charge on any atom is 0.257 e. The second-order valence-electron chi connectivity index (χ2n) is 7.42. The van der Waals surface area contributed by atoms with E-state index in [1.54, 1.807) is 12.4 Å². The molecule has 2 aromatic heterocycles. The summed E-state index contributed by atoms with van der Waals surface area (Å²) in [6.07, 6.45) is 5.50. The molecule has 7 heteroatoms.